The minimum Gasteiger partial charge on any atom is -0.407 e. The summed E-state index contributed by atoms with van der Waals surface area (Å²) in [5, 5.41) is 0. The zero-order valence-corrected chi connectivity index (χ0v) is 12.3. The van der Waals surface area contributed by atoms with Gasteiger partial charge in [0.2, 0.25) is 5.88 Å². The number of carbonyl (C=O) groups is 1. The van der Waals surface area contributed by atoms with Gasteiger partial charge in [-0.2, -0.15) is 4.98 Å². The van der Waals surface area contributed by atoms with E-state index in [-0.39, 0.29) is 23.3 Å². The lowest BCUT2D eigenvalue weighted by Gasteiger charge is -2.32. The van der Waals surface area contributed by atoms with Crippen LogP contribution in [0, 0.1) is 5.92 Å². The van der Waals surface area contributed by atoms with Crippen LogP contribution in [0.2, 0.25) is 0 Å². The third kappa shape index (κ3) is 2.12. The van der Waals surface area contributed by atoms with Crippen molar-refractivity contribution >= 4 is 11.6 Å². The lowest BCUT2D eigenvalue weighted by molar-refractivity contribution is -0.136. The molecule has 0 aromatic carbocycles. The van der Waals surface area contributed by atoms with Crippen LogP contribution >= 0.6 is 0 Å². The van der Waals surface area contributed by atoms with Crippen LogP contribution in [0.1, 0.15) is 50.0 Å². The van der Waals surface area contributed by atoms with E-state index in [1.165, 1.54) is 19.3 Å². The third-order valence-corrected chi connectivity index (χ3v) is 4.92. The molecular formula is C17H18N2O3. The normalized spacial score (nSPS) is 22.4. The summed E-state index contributed by atoms with van der Waals surface area (Å²) in [6.45, 7) is 0. The number of esters is 1. The molecule has 4 rings (SSSR count). The lowest BCUT2D eigenvalue weighted by atomic mass is 9.75. The van der Waals surface area contributed by atoms with Crippen molar-refractivity contribution in [1.82, 2.24) is 9.38 Å². The molecule has 1 aliphatic carbocycles. The zero-order chi connectivity index (χ0) is 15.1. The Balaban J connectivity index is 1.89. The lowest BCUT2D eigenvalue weighted by Crippen LogP contribution is -2.34. The van der Waals surface area contributed by atoms with E-state index in [1.54, 1.807) is 16.7 Å². The molecule has 2 aliphatic rings. The van der Waals surface area contributed by atoms with Gasteiger partial charge in [0.1, 0.15) is 5.65 Å². The molecule has 0 saturated heterocycles. The van der Waals surface area contributed by atoms with E-state index in [9.17, 15) is 9.59 Å². The van der Waals surface area contributed by atoms with E-state index < -0.39 is 0 Å². The predicted molar refractivity (Wildman–Crippen MR) is 81.0 cm³/mol. The summed E-state index contributed by atoms with van der Waals surface area (Å²) in [7, 11) is 0. The Hall–Kier alpha value is -2.17. The molecule has 0 unspecified atom stereocenters. The summed E-state index contributed by atoms with van der Waals surface area (Å²) in [6.07, 6.45) is 7.77. The van der Waals surface area contributed by atoms with Gasteiger partial charge in [-0.15, -0.1) is 0 Å². The molecular weight excluding hydrogens is 280 g/mol. The first-order valence-corrected chi connectivity index (χ1v) is 7.96. The van der Waals surface area contributed by atoms with E-state index in [2.05, 4.69) is 4.98 Å². The highest BCUT2D eigenvalue weighted by molar-refractivity contribution is 5.76. The summed E-state index contributed by atoms with van der Waals surface area (Å²) in [4.78, 5) is 29.2. The number of hydrogen-bond acceptors (Lipinski definition) is 4. The van der Waals surface area contributed by atoms with Gasteiger partial charge >= 0.3 is 5.97 Å². The van der Waals surface area contributed by atoms with E-state index >= 15 is 0 Å². The first-order chi connectivity index (χ1) is 10.7. The summed E-state index contributed by atoms with van der Waals surface area (Å²) in [5.41, 5.74) is 1.02. The van der Waals surface area contributed by atoms with Crippen LogP contribution in [0.5, 0.6) is 5.88 Å². The van der Waals surface area contributed by atoms with Gasteiger partial charge in [0, 0.05) is 12.1 Å². The Morgan fingerprint density at radius 1 is 1.14 bits per heavy atom. The molecule has 1 atom stereocenters. The van der Waals surface area contributed by atoms with Crippen LogP contribution in [0.4, 0.5) is 0 Å². The summed E-state index contributed by atoms with van der Waals surface area (Å²) in [6, 6.07) is 5.38. The highest BCUT2D eigenvalue weighted by Gasteiger charge is 2.37. The highest BCUT2D eigenvalue weighted by atomic mass is 16.5. The maximum atomic E-state index is 12.9. The number of pyridine rings is 1. The number of hydrogen-bond donors (Lipinski definition) is 0. The minimum absolute atomic E-state index is 0.0475. The molecule has 0 spiro atoms. The van der Waals surface area contributed by atoms with Gasteiger partial charge in [-0.3, -0.25) is 14.0 Å². The Morgan fingerprint density at radius 2 is 1.95 bits per heavy atom. The largest absolute Gasteiger partial charge is 0.407 e. The Kier molecular flexibility index (Phi) is 3.21. The van der Waals surface area contributed by atoms with Crippen molar-refractivity contribution in [3.63, 3.8) is 0 Å². The number of nitrogens with zero attached hydrogens (tertiary/aromatic N) is 2. The third-order valence-electron chi connectivity index (χ3n) is 4.92. The van der Waals surface area contributed by atoms with Crippen molar-refractivity contribution < 1.29 is 9.53 Å². The standard InChI is InChI=1S/C17H18N2O3/c20-14-10-12(11-6-2-1-3-7-11)15-16(22-14)18-13-8-4-5-9-19(13)17(15)21/h4-5,8-9,11-12H,1-3,6-7,10H2/t12-/m0/s1. The van der Waals surface area contributed by atoms with Crippen LogP contribution in [0.3, 0.4) is 0 Å². The summed E-state index contributed by atoms with van der Waals surface area (Å²) < 4.78 is 6.83. The molecule has 1 saturated carbocycles. The monoisotopic (exact) mass is 298 g/mol. The first kappa shape index (κ1) is 13.5. The van der Waals surface area contributed by atoms with Crippen molar-refractivity contribution in [2.75, 3.05) is 0 Å². The van der Waals surface area contributed by atoms with Crippen LogP contribution in [0.15, 0.2) is 29.2 Å². The van der Waals surface area contributed by atoms with Crippen LogP contribution in [0.25, 0.3) is 5.65 Å². The fourth-order valence-electron chi connectivity index (χ4n) is 3.85. The zero-order valence-electron chi connectivity index (χ0n) is 12.3. The molecule has 114 valence electrons. The highest BCUT2D eigenvalue weighted by Crippen LogP contribution is 2.42. The molecule has 2 aromatic rings. The number of ether oxygens (including phenoxy) is 1. The van der Waals surface area contributed by atoms with Crippen molar-refractivity contribution in [1.29, 1.82) is 0 Å². The smallest absolute Gasteiger partial charge is 0.313 e. The summed E-state index contributed by atoms with van der Waals surface area (Å²) >= 11 is 0. The van der Waals surface area contributed by atoms with Crippen molar-refractivity contribution in [3.05, 3.63) is 40.3 Å². The van der Waals surface area contributed by atoms with E-state index in [0.717, 1.165) is 12.8 Å². The van der Waals surface area contributed by atoms with Gasteiger partial charge in [-0.1, -0.05) is 25.3 Å². The maximum Gasteiger partial charge on any atom is 0.313 e. The second kappa shape index (κ2) is 5.23. The maximum absolute atomic E-state index is 12.9. The van der Waals surface area contributed by atoms with Gasteiger partial charge in [-0.05, 0) is 30.9 Å². The molecule has 0 bridgehead atoms. The molecule has 22 heavy (non-hydrogen) atoms. The Labute approximate surface area is 127 Å². The topological polar surface area (TPSA) is 60.7 Å². The molecule has 5 nitrogen and oxygen atoms in total. The van der Waals surface area contributed by atoms with Crippen LogP contribution in [-0.4, -0.2) is 15.4 Å². The molecule has 0 N–H and O–H groups in total. The second-order valence-electron chi connectivity index (χ2n) is 6.25. The Bertz CT molecular complexity index is 790. The van der Waals surface area contributed by atoms with Gasteiger partial charge in [0.05, 0.1) is 12.0 Å². The van der Waals surface area contributed by atoms with Gasteiger partial charge in [0.15, 0.2) is 0 Å². The molecule has 1 aliphatic heterocycles. The van der Waals surface area contributed by atoms with Crippen molar-refractivity contribution in [2.24, 2.45) is 5.92 Å². The van der Waals surface area contributed by atoms with Crippen molar-refractivity contribution in [2.45, 2.75) is 44.4 Å². The van der Waals surface area contributed by atoms with Gasteiger partial charge in [0.25, 0.3) is 5.56 Å². The van der Waals surface area contributed by atoms with E-state index in [0.29, 0.717) is 23.5 Å². The average Bonchev–Trinajstić information content (AvgIpc) is 2.55. The van der Waals surface area contributed by atoms with Gasteiger partial charge < -0.3 is 4.74 Å². The number of fused-ring (bicyclic) bond motifs is 2. The minimum atomic E-state index is -0.268. The number of aromatic nitrogens is 2. The van der Waals surface area contributed by atoms with Crippen molar-refractivity contribution in [3.8, 4) is 5.88 Å². The molecule has 3 heterocycles. The summed E-state index contributed by atoms with van der Waals surface area (Å²) in [5.74, 6) is 0.295. The van der Waals surface area contributed by atoms with E-state index in [4.69, 9.17) is 4.74 Å². The van der Waals surface area contributed by atoms with Gasteiger partial charge in [-0.25, -0.2) is 0 Å². The van der Waals surface area contributed by atoms with Crippen LogP contribution < -0.4 is 10.3 Å². The molecule has 0 amide bonds. The Morgan fingerprint density at radius 3 is 2.77 bits per heavy atom. The SMILES string of the molecule is O=C1C[C@@H](C2CCCCC2)c2c(nc3ccccn3c2=O)O1. The average molecular weight is 298 g/mol. The number of carbonyl (C=O) groups excluding carboxylic acids is 1. The number of rotatable bonds is 1. The second-order valence-corrected chi connectivity index (χ2v) is 6.25. The molecule has 5 heteroatoms. The van der Waals surface area contributed by atoms with E-state index in [1.807, 2.05) is 12.1 Å². The first-order valence-electron chi connectivity index (χ1n) is 7.96. The van der Waals surface area contributed by atoms with Crippen LogP contribution in [-0.2, 0) is 4.79 Å². The molecule has 1 fully saturated rings. The molecule has 0 radical (unpaired) electrons. The predicted octanol–water partition coefficient (Wildman–Crippen LogP) is 2.67. The fraction of sp³-hybridized carbons (Fsp3) is 0.471. The quantitative estimate of drug-likeness (QED) is 0.759. The fourth-order valence-corrected chi connectivity index (χ4v) is 3.85. The molecule has 2 aromatic heterocycles.